The van der Waals surface area contributed by atoms with Gasteiger partial charge in [0.1, 0.15) is 5.60 Å². The number of benzene rings is 1. The first kappa shape index (κ1) is 22.2. The zero-order chi connectivity index (χ0) is 20.4. The average Bonchev–Trinajstić information content (AvgIpc) is 2.87. The lowest BCUT2D eigenvalue weighted by Gasteiger charge is -2.31. The van der Waals surface area contributed by atoms with E-state index >= 15 is 0 Å². The van der Waals surface area contributed by atoms with Crippen LogP contribution in [-0.4, -0.2) is 44.9 Å². The molecule has 0 radical (unpaired) electrons. The van der Waals surface area contributed by atoms with E-state index in [0.29, 0.717) is 6.42 Å². The van der Waals surface area contributed by atoms with Gasteiger partial charge in [-0.25, -0.2) is 13.7 Å². The molecule has 1 aromatic carbocycles. The third kappa shape index (κ3) is 6.46. The molecule has 1 aliphatic heterocycles. The van der Waals surface area contributed by atoms with Crippen LogP contribution in [0.25, 0.3) is 0 Å². The topological polar surface area (TPSA) is 58.6 Å². The minimum atomic E-state index is -4.86. The number of rotatable bonds is 4. The van der Waals surface area contributed by atoms with Crippen molar-refractivity contribution in [2.45, 2.75) is 56.8 Å². The zero-order valence-corrected chi connectivity index (χ0v) is 17.6. The predicted molar refractivity (Wildman–Crippen MR) is 100 cm³/mol. The number of nitrogens with one attached hydrogen (secondary N) is 1. The van der Waals surface area contributed by atoms with E-state index in [2.05, 4.69) is 20.7 Å². The van der Waals surface area contributed by atoms with Gasteiger partial charge in [-0.2, -0.15) is 13.2 Å². The number of nitrogens with zero attached hydrogens (tertiary/aromatic N) is 1. The summed E-state index contributed by atoms with van der Waals surface area (Å²) >= 11 is 3.36. The molecular weight excluding hydrogens is 449 g/mol. The van der Waals surface area contributed by atoms with Gasteiger partial charge in [-0.05, 0) is 51.3 Å². The molecule has 1 saturated heterocycles. The lowest BCUT2D eigenvalue weighted by molar-refractivity contribution is -0.0397. The number of halogens is 4. The van der Waals surface area contributed by atoms with E-state index < -0.39 is 40.3 Å². The van der Waals surface area contributed by atoms with E-state index in [4.69, 9.17) is 4.74 Å². The van der Waals surface area contributed by atoms with Crippen molar-refractivity contribution in [1.29, 1.82) is 0 Å². The molecule has 1 heterocycles. The molecule has 0 spiro atoms. The fourth-order valence-electron chi connectivity index (χ4n) is 2.90. The Morgan fingerprint density at radius 2 is 2.04 bits per heavy atom. The van der Waals surface area contributed by atoms with E-state index in [1.54, 1.807) is 20.8 Å². The molecule has 1 amide bonds. The van der Waals surface area contributed by atoms with Crippen molar-refractivity contribution >= 4 is 33.0 Å². The van der Waals surface area contributed by atoms with Crippen LogP contribution in [0.4, 0.5) is 18.0 Å². The van der Waals surface area contributed by atoms with Gasteiger partial charge in [0.25, 0.3) is 0 Å². The summed E-state index contributed by atoms with van der Waals surface area (Å²) in [5.41, 5.74) is -4.74. The molecule has 152 valence electrons. The molecule has 1 unspecified atom stereocenters. The molecule has 5 nitrogen and oxygen atoms in total. The Bertz CT molecular complexity index is 709. The number of hydrogen-bond acceptors (Lipinski definition) is 3. The van der Waals surface area contributed by atoms with Crippen molar-refractivity contribution in [2.75, 3.05) is 6.54 Å². The maximum absolute atomic E-state index is 12.7. The first-order chi connectivity index (χ1) is 12.4. The molecule has 1 N–H and O–H groups in total. The third-order valence-electron chi connectivity index (χ3n) is 3.98. The molecule has 0 aliphatic carbocycles. The van der Waals surface area contributed by atoms with Crippen LogP contribution >= 0.6 is 15.9 Å². The van der Waals surface area contributed by atoms with Gasteiger partial charge in [0.15, 0.2) is 11.0 Å². The van der Waals surface area contributed by atoms with Gasteiger partial charge in [0.05, 0.1) is 6.04 Å². The van der Waals surface area contributed by atoms with Crippen LogP contribution in [0.2, 0.25) is 0 Å². The molecule has 1 fully saturated rings. The normalized spacial score (nSPS) is 22.0. The minimum absolute atomic E-state index is 0.223. The molecule has 3 atom stereocenters. The highest BCUT2D eigenvalue weighted by molar-refractivity contribution is 9.10. The summed E-state index contributed by atoms with van der Waals surface area (Å²) in [5, 5.41) is 0. The van der Waals surface area contributed by atoms with Crippen molar-refractivity contribution < 1.29 is 26.9 Å². The number of hydrogen-bond donors (Lipinski definition) is 1. The Morgan fingerprint density at radius 3 is 2.59 bits per heavy atom. The number of carbonyl (C=O) groups is 1. The smallest absolute Gasteiger partial charge is 0.444 e. The second-order valence-corrected chi connectivity index (χ2v) is 9.45. The van der Waals surface area contributed by atoms with Crippen LogP contribution in [0.5, 0.6) is 0 Å². The van der Waals surface area contributed by atoms with E-state index in [9.17, 15) is 22.2 Å². The van der Waals surface area contributed by atoms with Crippen LogP contribution in [0.15, 0.2) is 28.7 Å². The predicted octanol–water partition coefficient (Wildman–Crippen LogP) is 4.14. The molecule has 1 aromatic rings. The highest BCUT2D eigenvalue weighted by atomic mass is 79.9. The molecule has 1 aliphatic rings. The average molecular weight is 471 g/mol. The fourth-order valence-corrected chi connectivity index (χ4v) is 4.03. The summed E-state index contributed by atoms with van der Waals surface area (Å²) in [6, 6.07) is 5.93. The van der Waals surface area contributed by atoms with E-state index in [1.165, 1.54) is 4.90 Å². The van der Waals surface area contributed by atoms with Gasteiger partial charge < -0.3 is 9.64 Å². The maximum atomic E-state index is 12.7. The summed E-state index contributed by atoms with van der Waals surface area (Å²) < 4.78 is 58.0. The van der Waals surface area contributed by atoms with Crippen LogP contribution in [0.1, 0.15) is 32.8 Å². The van der Waals surface area contributed by atoms with Crippen LogP contribution in [0, 0.1) is 0 Å². The third-order valence-corrected chi connectivity index (χ3v) is 5.41. The van der Waals surface area contributed by atoms with Crippen LogP contribution in [0.3, 0.4) is 0 Å². The lowest BCUT2D eigenvalue weighted by Crippen LogP contribution is -2.49. The van der Waals surface area contributed by atoms with Crippen LogP contribution in [-0.2, 0) is 22.1 Å². The van der Waals surface area contributed by atoms with E-state index in [1.807, 2.05) is 24.3 Å². The molecule has 0 saturated carbocycles. The Balaban J connectivity index is 2.23. The molecule has 0 bridgehead atoms. The minimum Gasteiger partial charge on any atom is -0.444 e. The Morgan fingerprint density at radius 1 is 1.37 bits per heavy atom. The Kier molecular flexibility index (Phi) is 6.96. The maximum Gasteiger partial charge on any atom is 0.485 e. The van der Waals surface area contributed by atoms with Crippen molar-refractivity contribution in [3.8, 4) is 0 Å². The Hall–Kier alpha value is -1.13. The summed E-state index contributed by atoms with van der Waals surface area (Å²) in [5.74, 6) is 0. The van der Waals surface area contributed by atoms with E-state index in [0.717, 1.165) is 10.0 Å². The first-order valence-corrected chi connectivity index (χ1v) is 10.3. The summed E-state index contributed by atoms with van der Waals surface area (Å²) in [4.78, 5) is 13.9. The highest BCUT2D eigenvalue weighted by Gasteiger charge is 2.44. The highest BCUT2D eigenvalue weighted by Crippen LogP contribution is 2.27. The fraction of sp³-hybridized carbons (Fsp3) is 0.588. The Labute approximate surface area is 167 Å². The van der Waals surface area contributed by atoms with Gasteiger partial charge in [0, 0.05) is 17.1 Å². The molecule has 0 aromatic heterocycles. The largest absolute Gasteiger partial charge is 0.485 e. The van der Waals surface area contributed by atoms with Gasteiger partial charge in [-0.1, -0.05) is 28.1 Å². The van der Waals surface area contributed by atoms with Gasteiger partial charge in [0.2, 0.25) is 0 Å². The summed E-state index contributed by atoms with van der Waals surface area (Å²) in [7, 11) is -3.20. The van der Waals surface area contributed by atoms with Crippen LogP contribution < -0.4 is 4.72 Å². The quantitative estimate of drug-likeness (QED) is 0.718. The second kappa shape index (κ2) is 8.48. The first-order valence-electron chi connectivity index (χ1n) is 8.35. The number of amides is 1. The zero-order valence-electron chi connectivity index (χ0n) is 15.2. The SMILES string of the molecule is CC(C)(C)OC(=O)N1CC[C@H](NS(=O)C(F)(F)F)[C@@H]1Cc1cccc(Br)c1. The van der Waals surface area contributed by atoms with Crippen molar-refractivity contribution in [3.63, 3.8) is 0 Å². The van der Waals surface area contributed by atoms with Crippen molar-refractivity contribution in [1.82, 2.24) is 9.62 Å². The van der Waals surface area contributed by atoms with Gasteiger partial charge in [-0.15, -0.1) is 0 Å². The van der Waals surface area contributed by atoms with E-state index in [-0.39, 0.29) is 13.0 Å². The number of carbonyl (C=O) groups excluding carboxylic acids is 1. The number of ether oxygens (including phenoxy) is 1. The number of likely N-dealkylation sites (tertiary alicyclic amines) is 1. The summed E-state index contributed by atoms with van der Waals surface area (Å²) in [6.45, 7) is 5.39. The summed E-state index contributed by atoms with van der Waals surface area (Å²) in [6.07, 6.45) is -0.0323. The molecular formula is C17H22BrF3N2O3S. The second-order valence-electron chi connectivity index (χ2n) is 7.30. The van der Waals surface area contributed by atoms with Gasteiger partial charge in [-0.3, -0.25) is 0 Å². The van der Waals surface area contributed by atoms with Crippen molar-refractivity contribution in [3.05, 3.63) is 34.3 Å². The van der Waals surface area contributed by atoms with Gasteiger partial charge >= 0.3 is 11.6 Å². The molecule has 2 rings (SSSR count). The number of alkyl halides is 3. The van der Waals surface area contributed by atoms with Crippen molar-refractivity contribution in [2.24, 2.45) is 0 Å². The monoisotopic (exact) mass is 470 g/mol. The molecule has 27 heavy (non-hydrogen) atoms. The molecule has 10 heteroatoms. The lowest BCUT2D eigenvalue weighted by atomic mass is 10.0. The standard InChI is InChI=1S/C17H22BrF3N2O3S/c1-16(2,3)26-15(24)23-8-7-13(22-27(25)17(19,20)21)14(23)10-11-5-4-6-12(18)9-11/h4-6,9,13-14,22H,7-8,10H2,1-3H3/t13-,14-,27?/m0/s1.